The second-order valence-corrected chi connectivity index (χ2v) is 11.2. The van der Waals surface area contributed by atoms with Gasteiger partial charge < -0.3 is 14.7 Å². The molecule has 4 rings (SSSR count). The molecule has 2 fully saturated rings. The Hall–Kier alpha value is -3.20. The van der Waals surface area contributed by atoms with Crippen molar-refractivity contribution in [2.45, 2.75) is 32.4 Å². The molecule has 2 aromatic carbocycles. The molecule has 2 aliphatic rings. The number of hydrogen-bond acceptors (Lipinski definition) is 6. The van der Waals surface area contributed by atoms with Gasteiger partial charge in [0.05, 0.1) is 29.7 Å². The SMILES string of the molecule is CC(C)COc1ccc(C(O)=C2C(=O)C(=O)N(C3CCS(=O)(=O)C3)C2c2ccccc2F)cc1. The number of likely N-dealkylation sites (tertiary alicyclic amines) is 1. The number of carbonyl (C=O) groups is 2. The maximum atomic E-state index is 14.9. The normalized spacial score (nSPS) is 23.6. The monoisotopic (exact) mass is 487 g/mol. The molecular formula is C25H26FNO6S. The van der Waals surface area contributed by atoms with Gasteiger partial charge in [0.15, 0.2) is 9.84 Å². The first-order valence-electron chi connectivity index (χ1n) is 11.1. The molecule has 2 unspecified atom stereocenters. The average molecular weight is 488 g/mol. The van der Waals surface area contributed by atoms with Gasteiger partial charge in [-0.1, -0.05) is 32.0 Å². The molecule has 180 valence electrons. The highest BCUT2D eigenvalue weighted by Crippen LogP contribution is 2.43. The summed E-state index contributed by atoms with van der Waals surface area (Å²) in [5, 5.41) is 11.1. The van der Waals surface area contributed by atoms with E-state index in [0.717, 1.165) is 4.90 Å². The summed E-state index contributed by atoms with van der Waals surface area (Å²) in [5.74, 6) is -2.58. The Bertz CT molecular complexity index is 1250. The van der Waals surface area contributed by atoms with Crippen molar-refractivity contribution < 1.29 is 32.2 Å². The van der Waals surface area contributed by atoms with Crippen LogP contribution in [0.15, 0.2) is 54.1 Å². The second-order valence-electron chi connectivity index (χ2n) is 9.01. The molecule has 2 heterocycles. The number of hydrogen-bond donors (Lipinski definition) is 1. The first-order chi connectivity index (χ1) is 16.1. The van der Waals surface area contributed by atoms with E-state index in [1.807, 2.05) is 13.8 Å². The van der Waals surface area contributed by atoms with Crippen LogP contribution in [0.5, 0.6) is 5.75 Å². The van der Waals surface area contributed by atoms with Crippen LogP contribution in [0.3, 0.4) is 0 Å². The second kappa shape index (κ2) is 9.21. The molecule has 9 heteroatoms. The lowest BCUT2D eigenvalue weighted by atomic mass is 9.94. The van der Waals surface area contributed by atoms with E-state index in [4.69, 9.17) is 4.74 Å². The van der Waals surface area contributed by atoms with Crippen molar-refractivity contribution in [3.63, 3.8) is 0 Å². The lowest BCUT2D eigenvalue weighted by molar-refractivity contribution is -0.141. The summed E-state index contributed by atoms with van der Waals surface area (Å²) in [7, 11) is -3.39. The standard InChI is InChI=1S/C25H26FNO6S/c1-15(2)13-33-18-9-7-16(8-10-18)23(28)21-22(19-5-3-4-6-20(19)26)27(25(30)24(21)29)17-11-12-34(31,32)14-17/h3-10,15,17,22,28H,11-14H2,1-2H3. The van der Waals surface area contributed by atoms with Crippen LogP contribution in [0.1, 0.15) is 37.4 Å². The molecule has 1 amide bonds. The van der Waals surface area contributed by atoms with E-state index in [-0.39, 0.29) is 34.6 Å². The minimum absolute atomic E-state index is 0.0180. The number of sulfone groups is 1. The zero-order valence-electron chi connectivity index (χ0n) is 18.9. The average Bonchev–Trinajstić information content (AvgIpc) is 3.28. The van der Waals surface area contributed by atoms with Crippen molar-refractivity contribution in [2.24, 2.45) is 5.92 Å². The number of Topliss-reactive ketones (excluding diaryl/α,β-unsaturated/α-hetero) is 1. The minimum atomic E-state index is -3.39. The smallest absolute Gasteiger partial charge is 0.295 e. The molecule has 0 saturated carbocycles. The van der Waals surface area contributed by atoms with E-state index in [9.17, 15) is 27.5 Å². The van der Waals surface area contributed by atoms with Gasteiger partial charge in [-0.15, -0.1) is 0 Å². The molecule has 34 heavy (non-hydrogen) atoms. The van der Waals surface area contributed by atoms with E-state index in [0.29, 0.717) is 18.3 Å². The summed E-state index contributed by atoms with van der Waals surface area (Å²) in [6.45, 7) is 4.53. The summed E-state index contributed by atoms with van der Waals surface area (Å²) in [6.07, 6.45) is 0.141. The Kier molecular flexibility index (Phi) is 6.49. The number of nitrogens with zero attached hydrogens (tertiary/aromatic N) is 1. The largest absolute Gasteiger partial charge is 0.507 e. The van der Waals surface area contributed by atoms with Crippen LogP contribution >= 0.6 is 0 Å². The van der Waals surface area contributed by atoms with Crippen LogP contribution in [-0.4, -0.2) is 54.3 Å². The molecule has 7 nitrogen and oxygen atoms in total. The summed E-state index contributed by atoms with van der Waals surface area (Å²) in [5.41, 5.74) is 0.00922. The molecule has 2 saturated heterocycles. The number of benzene rings is 2. The number of carbonyl (C=O) groups excluding carboxylic acids is 2. The Labute approximate surface area is 197 Å². The van der Waals surface area contributed by atoms with Crippen molar-refractivity contribution in [1.29, 1.82) is 0 Å². The Morgan fingerprint density at radius 3 is 2.41 bits per heavy atom. The highest BCUT2D eigenvalue weighted by Gasteiger charge is 2.51. The summed E-state index contributed by atoms with van der Waals surface area (Å²) >= 11 is 0. The van der Waals surface area contributed by atoms with E-state index < -0.39 is 45.2 Å². The third kappa shape index (κ3) is 4.57. The van der Waals surface area contributed by atoms with Crippen molar-refractivity contribution >= 4 is 27.3 Å². The van der Waals surface area contributed by atoms with E-state index in [1.165, 1.54) is 18.2 Å². The van der Waals surface area contributed by atoms with Crippen LogP contribution < -0.4 is 4.74 Å². The molecule has 1 N–H and O–H groups in total. The molecular weight excluding hydrogens is 461 g/mol. The van der Waals surface area contributed by atoms with Crippen LogP contribution in [0.2, 0.25) is 0 Å². The molecule has 0 bridgehead atoms. The predicted molar refractivity (Wildman–Crippen MR) is 124 cm³/mol. The van der Waals surface area contributed by atoms with E-state index in [2.05, 4.69) is 0 Å². The summed E-state index contributed by atoms with van der Waals surface area (Å²) < 4.78 is 44.7. The van der Waals surface area contributed by atoms with E-state index >= 15 is 0 Å². The number of ether oxygens (including phenoxy) is 1. The van der Waals surface area contributed by atoms with Gasteiger partial charge in [0, 0.05) is 17.2 Å². The zero-order chi connectivity index (χ0) is 24.6. The molecule has 2 atom stereocenters. The van der Waals surface area contributed by atoms with Crippen LogP contribution in [0, 0.1) is 11.7 Å². The van der Waals surface area contributed by atoms with Crippen molar-refractivity contribution in [3.05, 3.63) is 71.0 Å². The lowest BCUT2D eigenvalue weighted by Crippen LogP contribution is -2.40. The maximum absolute atomic E-state index is 14.9. The number of amides is 1. The number of rotatable bonds is 6. The predicted octanol–water partition coefficient (Wildman–Crippen LogP) is 3.47. The molecule has 2 aliphatic heterocycles. The number of aliphatic hydroxyl groups excluding tert-OH is 1. The van der Waals surface area contributed by atoms with Gasteiger partial charge in [-0.2, -0.15) is 0 Å². The van der Waals surface area contributed by atoms with Gasteiger partial charge in [-0.3, -0.25) is 9.59 Å². The fourth-order valence-corrected chi connectivity index (χ4v) is 6.06. The molecule has 0 radical (unpaired) electrons. The topological polar surface area (TPSA) is 101 Å². The maximum Gasteiger partial charge on any atom is 0.295 e. The molecule has 0 spiro atoms. The number of aliphatic hydroxyl groups is 1. The quantitative estimate of drug-likeness (QED) is 0.380. The highest BCUT2D eigenvalue weighted by atomic mass is 32.2. The zero-order valence-corrected chi connectivity index (χ0v) is 19.7. The third-order valence-electron chi connectivity index (χ3n) is 5.99. The molecule has 0 aromatic heterocycles. The van der Waals surface area contributed by atoms with Crippen LogP contribution in [-0.2, 0) is 19.4 Å². The van der Waals surface area contributed by atoms with Gasteiger partial charge in [0.25, 0.3) is 11.7 Å². The Morgan fingerprint density at radius 1 is 1.15 bits per heavy atom. The third-order valence-corrected chi connectivity index (χ3v) is 7.74. The highest BCUT2D eigenvalue weighted by molar-refractivity contribution is 7.91. The van der Waals surface area contributed by atoms with Gasteiger partial charge in [0.2, 0.25) is 0 Å². The van der Waals surface area contributed by atoms with Gasteiger partial charge in [-0.25, -0.2) is 12.8 Å². The lowest BCUT2D eigenvalue weighted by Gasteiger charge is -2.30. The number of halogens is 1. The fourth-order valence-electron chi connectivity index (χ4n) is 4.35. The Morgan fingerprint density at radius 2 is 1.82 bits per heavy atom. The molecule has 0 aliphatic carbocycles. The van der Waals surface area contributed by atoms with Gasteiger partial charge in [-0.05, 0) is 42.7 Å². The minimum Gasteiger partial charge on any atom is -0.507 e. The fraction of sp³-hybridized carbons (Fsp3) is 0.360. The van der Waals surface area contributed by atoms with E-state index in [1.54, 1.807) is 30.3 Å². The van der Waals surface area contributed by atoms with Crippen molar-refractivity contribution in [3.8, 4) is 5.75 Å². The van der Waals surface area contributed by atoms with Crippen LogP contribution in [0.4, 0.5) is 4.39 Å². The van der Waals surface area contributed by atoms with Crippen molar-refractivity contribution in [2.75, 3.05) is 18.1 Å². The van der Waals surface area contributed by atoms with Crippen LogP contribution in [0.25, 0.3) is 5.76 Å². The van der Waals surface area contributed by atoms with Gasteiger partial charge in [0.1, 0.15) is 17.3 Å². The first-order valence-corrected chi connectivity index (χ1v) is 12.9. The first kappa shape index (κ1) is 23.9. The van der Waals surface area contributed by atoms with Crippen molar-refractivity contribution in [1.82, 2.24) is 4.90 Å². The molecule has 2 aromatic rings. The Balaban J connectivity index is 1.79. The summed E-state index contributed by atoms with van der Waals surface area (Å²) in [6, 6.07) is 10.0. The van der Waals surface area contributed by atoms with Gasteiger partial charge >= 0.3 is 0 Å². The summed E-state index contributed by atoms with van der Waals surface area (Å²) in [4.78, 5) is 27.2. The number of ketones is 1.